The van der Waals surface area contributed by atoms with E-state index in [9.17, 15) is 4.79 Å². The predicted octanol–water partition coefficient (Wildman–Crippen LogP) is 5.49. The third kappa shape index (κ3) is 5.47. The Morgan fingerprint density at radius 3 is 2.77 bits per heavy atom. The average Bonchev–Trinajstić information content (AvgIpc) is 3.39. The maximum atomic E-state index is 12.4. The van der Waals surface area contributed by atoms with Crippen LogP contribution in [0.15, 0.2) is 58.0 Å². The number of thiazole rings is 1. The molecule has 0 unspecified atom stereocenters. The lowest BCUT2D eigenvalue weighted by Gasteiger charge is -2.08. The van der Waals surface area contributed by atoms with Gasteiger partial charge in [0, 0.05) is 12.2 Å². The molecule has 2 heterocycles. The third-order valence-corrected chi connectivity index (χ3v) is 7.80. The minimum absolute atomic E-state index is 0.0469. The predicted molar refractivity (Wildman–Crippen MR) is 130 cm³/mol. The van der Waals surface area contributed by atoms with E-state index in [4.69, 9.17) is 0 Å². The molecule has 0 aliphatic heterocycles. The highest BCUT2D eigenvalue weighted by Gasteiger charge is 2.14. The molecule has 0 fully saturated rings. The zero-order valence-corrected chi connectivity index (χ0v) is 19.8. The largest absolute Gasteiger partial charge is 0.325 e. The number of hydrogen-bond acceptors (Lipinski definition) is 7. The van der Waals surface area contributed by atoms with Gasteiger partial charge < -0.3 is 9.88 Å². The first-order valence-corrected chi connectivity index (χ1v) is 12.9. The molecule has 4 rings (SSSR count). The molecule has 0 spiro atoms. The Balaban J connectivity index is 1.35. The van der Waals surface area contributed by atoms with Gasteiger partial charge in [0.1, 0.15) is 5.82 Å². The van der Waals surface area contributed by atoms with Crippen LogP contribution in [0.4, 0.5) is 5.69 Å². The van der Waals surface area contributed by atoms with Crippen molar-refractivity contribution >= 4 is 56.7 Å². The summed E-state index contributed by atoms with van der Waals surface area (Å²) in [4.78, 5) is 17.1. The van der Waals surface area contributed by atoms with Gasteiger partial charge in [0.2, 0.25) is 5.91 Å². The van der Waals surface area contributed by atoms with Gasteiger partial charge in [-0.15, -0.1) is 21.5 Å². The number of carbonyl (C=O) groups is 1. The van der Waals surface area contributed by atoms with Gasteiger partial charge in [-0.2, -0.15) is 0 Å². The van der Waals surface area contributed by atoms with Crippen LogP contribution >= 0.6 is 34.9 Å². The zero-order chi connectivity index (χ0) is 21.6. The maximum Gasteiger partial charge on any atom is 0.234 e. The average molecular weight is 470 g/mol. The number of anilines is 1. The molecule has 1 amide bonds. The first-order valence-electron chi connectivity index (χ1n) is 10.1. The van der Waals surface area contributed by atoms with Crippen LogP contribution in [0.25, 0.3) is 10.2 Å². The Morgan fingerprint density at radius 1 is 1.10 bits per heavy atom. The van der Waals surface area contributed by atoms with E-state index < -0.39 is 0 Å². The van der Waals surface area contributed by atoms with Crippen molar-refractivity contribution in [1.29, 1.82) is 0 Å². The highest BCUT2D eigenvalue weighted by atomic mass is 32.2. The first-order chi connectivity index (χ1) is 15.2. The SMILES string of the molecule is CCc1cccc(NC(=O)CSc2nnc(CSc3nc4ccccc4s3)n2CC)c1. The number of fused-ring (bicyclic) bond motifs is 1. The van der Waals surface area contributed by atoms with Crippen molar-refractivity contribution in [1.82, 2.24) is 19.7 Å². The van der Waals surface area contributed by atoms with E-state index >= 15 is 0 Å². The van der Waals surface area contributed by atoms with Crippen molar-refractivity contribution in [2.75, 3.05) is 11.1 Å². The molecule has 0 aliphatic carbocycles. The number of nitrogens with one attached hydrogen (secondary N) is 1. The van der Waals surface area contributed by atoms with Gasteiger partial charge in [-0.25, -0.2) is 4.98 Å². The number of nitrogens with zero attached hydrogens (tertiary/aromatic N) is 4. The standard InChI is InChI=1S/C22H23N5OS3/c1-3-15-8-7-9-16(12-15)23-20(28)14-29-21-26-25-19(27(21)4-2)13-30-22-24-17-10-5-6-11-18(17)31-22/h5-12H,3-4,13-14H2,1-2H3,(H,23,28). The number of aryl methyl sites for hydroxylation is 1. The number of para-hydroxylation sites is 1. The molecular weight excluding hydrogens is 446 g/mol. The van der Waals surface area contributed by atoms with Crippen LogP contribution in [0.1, 0.15) is 25.2 Å². The van der Waals surface area contributed by atoms with E-state index in [2.05, 4.69) is 51.0 Å². The van der Waals surface area contributed by atoms with Crippen LogP contribution in [-0.2, 0) is 23.5 Å². The van der Waals surface area contributed by atoms with Crippen molar-refractivity contribution in [3.8, 4) is 0 Å². The Kier molecular flexibility index (Phi) is 7.26. The summed E-state index contributed by atoms with van der Waals surface area (Å²) in [6.07, 6.45) is 0.940. The highest BCUT2D eigenvalue weighted by Crippen LogP contribution is 2.31. The topological polar surface area (TPSA) is 72.7 Å². The number of benzene rings is 2. The van der Waals surface area contributed by atoms with Gasteiger partial charge in [-0.1, -0.05) is 54.7 Å². The first kappa shape index (κ1) is 21.9. The van der Waals surface area contributed by atoms with Crippen LogP contribution < -0.4 is 5.32 Å². The summed E-state index contributed by atoms with van der Waals surface area (Å²) in [6.45, 7) is 4.92. The minimum atomic E-state index is -0.0469. The van der Waals surface area contributed by atoms with Crippen molar-refractivity contribution < 1.29 is 4.79 Å². The van der Waals surface area contributed by atoms with Gasteiger partial charge in [-0.05, 0) is 43.2 Å². The van der Waals surface area contributed by atoms with E-state index in [0.29, 0.717) is 11.5 Å². The van der Waals surface area contributed by atoms with E-state index in [-0.39, 0.29) is 5.91 Å². The molecule has 1 N–H and O–H groups in total. The zero-order valence-electron chi connectivity index (χ0n) is 17.4. The number of rotatable bonds is 9. The molecule has 0 saturated heterocycles. The summed E-state index contributed by atoms with van der Waals surface area (Å²) in [5, 5.41) is 12.4. The summed E-state index contributed by atoms with van der Waals surface area (Å²) in [7, 11) is 0. The molecule has 0 atom stereocenters. The Labute approximate surface area is 193 Å². The fourth-order valence-electron chi connectivity index (χ4n) is 3.09. The van der Waals surface area contributed by atoms with Crippen LogP contribution in [-0.4, -0.2) is 31.4 Å². The summed E-state index contributed by atoms with van der Waals surface area (Å²) < 4.78 is 4.28. The summed E-state index contributed by atoms with van der Waals surface area (Å²) in [6, 6.07) is 16.1. The Morgan fingerprint density at radius 2 is 1.97 bits per heavy atom. The number of aromatic nitrogens is 4. The Bertz CT molecular complexity index is 1150. The van der Waals surface area contributed by atoms with Gasteiger partial charge in [-0.3, -0.25) is 4.79 Å². The van der Waals surface area contributed by atoms with Crippen LogP contribution in [0, 0.1) is 0 Å². The van der Waals surface area contributed by atoms with Crippen LogP contribution in [0.2, 0.25) is 0 Å². The second-order valence-electron chi connectivity index (χ2n) is 6.77. The number of carbonyl (C=O) groups excluding carboxylic acids is 1. The smallest absolute Gasteiger partial charge is 0.234 e. The van der Waals surface area contributed by atoms with Gasteiger partial charge in [0.25, 0.3) is 0 Å². The monoisotopic (exact) mass is 469 g/mol. The molecule has 0 aliphatic rings. The molecule has 2 aromatic heterocycles. The molecule has 160 valence electrons. The number of amides is 1. The molecule has 4 aromatic rings. The summed E-state index contributed by atoms with van der Waals surface area (Å²) in [5.41, 5.74) is 3.06. The normalized spacial score (nSPS) is 11.2. The highest BCUT2D eigenvalue weighted by molar-refractivity contribution is 8.00. The van der Waals surface area contributed by atoms with E-state index in [1.54, 1.807) is 23.1 Å². The molecular formula is C22H23N5OS3. The molecule has 6 nitrogen and oxygen atoms in total. The second kappa shape index (κ2) is 10.3. The molecule has 9 heteroatoms. The lowest BCUT2D eigenvalue weighted by Crippen LogP contribution is -2.14. The third-order valence-electron chi connectivity index (χ3n) is 4.66. The molecule has 2 aromatic carbocycles. The maximum absolute atomic E-state index is 12.4. The van der Waals surface area contributed by atoms with Crippen LogP contribution in [0.5, 0.6) is 0 Å². The minimum Gasteiger partial charge on any atom is -0.325 e. The fraction of sp³-hybridized carbons (Fsp3) is 0.273. The van der Waals surface area contributed by atoms with Crippen molar-refractivity contribution in [2.45, 2.75) is 42.1 Å². The van der Waals surface area contributed by atoms with E-state index in [1.807, 2.05) is 36.4 Å². The Hall–Kier alpha value is -2.36. The van der Waals surface area contributed by atoms with Gasteiger partial charge in [0.15, 0.2) is 9.50 Å². The number of thioether (sulfide) groups is 2. The van der Waals surface area contributed by atoms with Gasteiger partial charge in [0.05, 0.1) is 21.7 Å². The molecule has 0 radical (unpaired) electrons. The quantitative estimate of drug-likeness (QED) is 0.327. The molecule has 0 saturated carbocycles. The van der Waals surface area contributed by atoms with E-state index in [1.165, 1.54) is 22.0 Å². The summed E-state index contributed by atoms with van der Waals surface area (Å²) >= 11 is 4.77. The van der Waals surface area contributed by atoms with Crippen molar-refractivity contribution in [2.24, 2.45) is 0 Å². The number of hydrogen-bond donors (Lipinski definition) is 1. The molecule has 31 heavy (non-hydrogen) atoms. The summed E-state index contributed by atoms with van der Waals surface area (Å²) in [5.74, 6) is 1.83. The van der Waals surface area contributed by atoms with Gasteiger partial charge >= 0.3 is 0 Å². The fourth-order valence-corrected chi connectivity index (χ4v) is 5.91. The lowest BCUT2D eigenvalue weighted by atomic mass is 10.1. The lowest BCUT2D eigenvalue weighted by molar-refractivity contribution is -0.113. The molecule has 0 bridgehead atoms. The second-order valence-corrected chi connectivity index (χ2v) is 9.97. The van der Waals surface area contributed by atoms with Crippen LogP contribution in [0.3, 0.4) is 0 Å². The van der Waals surface area contributed by atoms with Crippen molar-refractivity contribution in [3.63, 3.8) is 0 Å². The van der Waals surface area contributed by atoms with E-state index in [0.717, 1.165) is 39.5 Å². The van der Waals surface area contributed by atoms with Crippen molar-refractivity contribution in [3.05, 3.63) is 59.9 Å².